The molecule has 9 nitrogen and oxygen atoms in total. The summed E-state index contributed by atoms with van der Waals surface area (Å²) in [5, 5.41) is 20.5. The van der Waals surface area contributed by atoms with Gasteiger partial charge in [0.05, 0.1) is 11.7 Å². The number of nitrogens with one attached hydrogen (secondary N) is 1. The van der Waals surface area contributed by atoms with Gasteiger partial charge in [-0.25, -0.2) is 19.1 Å². The van der Waals surface area contributed by atoms with E-state index in [1.54, 1.807) is 24.3 Å². The third-order valence-corrected chi connectivity index (χ3v) is 3.52. The Kier molecular flexibility index (Phi) is 5.85. The van der Waals surface area contributed by atoms with Gasteiger partial charge in [0.1, 0.15) is 12.4 Å². The molecule has 0 spiro atoms. The van der Waals surface area contributed by atoms with E-state index in [1.165, 1.54) is 6.20 Å². The van der Waals surface area contributed by atoms with Crippen molar-refractivity contribution in [1.82, 2.24) is 14.9 Å². The van der Waals surface area contributed by atoms with E-state index in [1.807, 2.05) is 6.07 Å². The van der Waals surface area contributed by atoms with Crippen molar-refractivity contribution in [3.63, 3.8) is 0 Å². The van der Waals surface area contributed by atoms with E-state index in [0.29, 0.717) is 5.69 Å². The highest BCUT2D eigenvalue weighted by molar-refractivity contribution is 5.87. The highest BCUT2D eigenvalue weighted by Crippen LogP contribution is 2.05. The first-order valence-corrected chi connectivity index (χ1v) is 7.45. The van der Waals surface area contributed by atoms with Crippen molar-refractivity contribution in [2.75, 3.05) is 0 Å². The second kappa shape index (κ2) is 8.06. The van der Waals surface area contributed by atoms with E-state index in [2.05, 4.69) is 10.3 Å². The number of nitrogens with two attached hydrogens (primary N) is 1. The predicted octanol–water partition coefficient (Wildman–Crippen LogP) is 0.0911. The van der Waals surface area contributed by atoms with Crippen LogP contribution in [-0.4, -0.2) is 49.8 Å². The van der Waals surface area contributed by atoms with Gasteiger partial charge in [0.15, 0.2) is 0 Å². The number of carbonyl (C=O) groups is 3. The van der Waals surface area contributed by atoms with Gasteiger partial charge >= 0.3 is 12.1 Å². The fraction of sp³-hybridized carbons (Fsp3) is 0.250. The lowest BCUT2D eigenvalue weighted by atomic mass is 10.1. The van der Waals surface area contributed by atoms with E-state index in [-0.39, 0.29) is 12.8 Å². The minimum atomic E-state index is -1.20. The summed E-state index contributed by atoms with van der Waals surface area (Å²) in [6.07, 6.45) is 1.25. The fourth-order valence-electron chi connectivity index (χ4n) is 2.22. The van der Waals surface area contributed by atoms with E-state index in [4.69, 9.17) is 10.8 Å². The third-order valence-electron chi connectivity index (χ3n) is 3.52. The van der Waals surface area contributed by atoms with Gasteiger partial charge in [-0.05, 0) is 5.56 Å². The molecule has 0 aliphatic rings. The summed E-state index contributed by atoms with van der Waals surface area (Å²) in [7, 11) is 0. The zero-order valence-electron chi connectivity index (χ0n) is 13.2. The topological polar surface area (TPSA) is 148 Å². The van der Waals surface area contributed by atoms with Crippen molar-refractivity contribution in [2.24, 2.45) is 5.73 Å². The van der Waals surface area contributed by atoms with Crippen LogP contribution in [0.5, 0.6) is 0 Å². The monoisotopic (exact) mass is 346 g/mol. The summed E-state index contributed by atoms with van der Waals surface area (Å²) >= 11 is 0. The number of carbonyl (C=O) groups excluding carboxylic acids is 1. The van der Waals surface area contributed by atoms with Crippen molar-refractivity contribution in [2.45, 2.75) is 24.9 Å². The highest BCUT2D eigenvalue weighted by Gasteiger charge is 2.24. The van der Waals surface area contributed by atoms with E-state index in [9.17, 15) is 19.5 Å². The number of imidazole rings is 1. The number of hydrogen-bond donors (Lipinski definition) is 4. The van der Waals surface area contributed by atoms with Crippen LogP contribution >= 0.6 is 0 Å². The number of rotatable bonds is 7. The van der Waals surface area contributed by atoms with Gasteiger partial charge in [0.25, 0.3) is 0 Å². The van der Waals surface area contributed by atoms with Crippen LogP contribution < -0.4 is 11.1 Å². The van der Waals surface area contributed by atoms with Crippen LogP contribution in [-0.2, 0) is 22.4 Å². The first-order valence-electron chi connectivity index (χ1n) is 7.45. The summed E-state index contributed by atoms with van der Waals surface area (Å²) in [5.41, 5.74) is 6.86. The van der Waals surface area contributed by atoms with Crippen molar-refractivity contribution >= 4 is 18.0 Å². The molecule has 0 bridgehead atoms. The number of amides is 1. The van der Waals surface area contributed by atoms with Gasteiger partial charge in [0, 0.05) is 19.0 Å². The van der Waals surface area contributed by atoms with E-state index in [0.717, 1.165) is 16.5 Å². The van der Waals surface area contributed by atoms with Gasteiger partial charge in [-0.15, -0.1) is 0 Å². The average Bonchev–Trinajstić information content (AvgIpc) is 3.03. The van der Waals surface area contributed by atoms with Crippen molar-refractivity contribution in [1.29, 1.82) is 0 Å². The fourth-order valence-corrected chi connectivity index (χ4v) is 2.22. The predicted molar refractivity (Wildman–Crippen MR) is 87.0 cm³/mol. The molecule has 1 aromatic heterocycles. The van der Waals surface area contributed by atoms with E-state index >= 15 is 0 Å². The lowest BCUT2D eigenvalue weighted by molar-refractivity contribution is -0.142. The van der Waals surface area contributed by atoms with Crippen LogP contribution in [0.2, 0.25) is 0 Å². The van der Waals surface area contributed by atoms with Crippen LogP contribution in [0.3, 0.4) is 0 Å². The molecule has 0 saturated heterocycles. The maximum Gasteiger partial charge on any atom is 0.416 e. The first kappa shape index (κ1) is 18.1. The summed E-state index contributed by atoms with van der Waals surface area (Å²) < 4.78 is 0.843. The van der Waals surface area contributed by atoms with Crippen LogP contribution in [0.4, 0.5) is 4.79 Å². The Morgan fingerprint density at radius 3 is 2.40 bits per heavy atom. The molecule has 132 valence electrons. The highest BCUT2D eigenvalue weighted by atomic mass is 16.4. The van der Waals surface area contributed by atoms with Gasteiger partial charge in [0.2, 0.25) is 5.91 Å². The molecule has 0 aliphatic heterocycles. The maximum atomic E-state index is 12.1. The number of nitrogens with zero attached hydrogens (tertiary/aromatic N) is 2. The van der Waals surface area contributed by atoms with E-state index < -0.39 is 30.1 Å². The Hall–Kier alpha value is -3.20. The molecule has 2 unspecified atom stereocenters. The lowest BCUT2D eigenvalue weighted by Crippen LogP contribution is -2.50. The molecule has 25 heavy (non-hydrogen) atoms. The SMILES string of the molecule is NC(Cc1cn(C(=O)O)cn1)C(=O)NC(Cc1ccccc1)C(=O)O. The summed E-state index contributed by atoms with van der Waals surface area (Å²) in [6.45, 7) is 0. The largest absolute Gasteiger partial charge is 0.480 e. The maximum absolute atomic E-state index is 12.1. The van der Waals surface area contributed by atoms with Crippen molar-refractivity contribution in [3.05, 3.63) is 54.1 Å². The standard InChI is InChI=1S/C16H18N4O5/c17-12(7-11-8-20(9-18-11)16(24)25)14(21)19-13(15(22)23)6-10-4-2-1-3-5-10/h1-5,8-9,12-13H,6-7,17H2,(H,19,21)(H,22,23)(H,24,25). The van der Waals surface area contributed by atoms with Gasteiger partial charge < -0.3 is 21.3 Å². The van der Waals surface area contributed by atoms with Gasteiger partial charge in [-0.1, -0.05) is 30.3 Å². The second-order valence-electron chi connectivity index (χ2n) is 5.45. The third kappa shape index (κ3) is 5.15. The number of aliphatic carboxylic acids is 1. The smallest absolute Gasteiger partial charge is 0.416 e. The Morgan fingerprint density at radius 2 is 1.84 bits per heavy atom. The molecule has 2 rings (SSSR count). The molecule has 9 heteroatoms. The van der Waals surface area contributed by atoms with Crippen LogP contribution in [0.25, 0.3) is 0 Å². The van der Waals surface area contributed by atoms with Crippen molar-refractivity contribution in [3.8, 4) is 0 Å². The first-order chi connectivity index (χ1) is 11.9. The molecule has 0 saturated carbocycles. The number of benzene rings is 1. The molecule has 2 aromatic rings. The zero-order valence-corrected chi connectivity index (χ0v) is 13.2. The molecule has 1 heterocycles. The average molecular weight is 346 g/mol. The zero-order chi connectivity index (χ0) is 18.4. The Bertz CT molecular complexity index is 759. The summed E-state index contributed by atoms with van der Waals surface area (Å²) in [4.78, 5) is 38.1. The van der Waals surface area contributed by atoms with Crippen molar-refractivity contribution < 1.29 is 24.6 Å². The van der Waals surface area contributed by atoms with Crippen LogP contribution in [0, 0.1) is 0 Å². The summed E-state index contributed by atoms with van der Waals surface area (Å²) in [5.74, 6) is -1.81. The molecule has 1 amide bonds. The normalized spacial score (nSPS) is 13.0. The van der Waals surface area contributed by atoms with Crippen LogP contribution in [0.1, 0.15) is 11.3 Å². The minimum Gasteiger partial charge on any atom is -0.480 e. The summed E-state index contributed by atoms with van der Waals surface area (Å²) in [6, 6.07) is 6.74. The lowest BCUT2D eigenvalue weighted by Gasteiger charge is -2.17. The Labute approximate surface area is 143 Å². The quantitative estimate of drug-likeness (QED) is 0.555. The molecule has 0 radical (unpaired) electrons. The number of aromatic nitrogens is 2. The molecule has 0 fully saturated rings. The van der Waals surface area contributed by atoms with Gasteiger partial charge in [-0.3, -0.25) is 4.79 Å². The molecular weight excluding hydrogens is 328 g/mol. The number of hydrogen-bond acceptors (Lipinski definition) is 5. The number of carboxylic acid groups (broad SMARTS) is 2. The van der Waals surface area contributed by atoms with Gasteiger partial charge in [-0.2, -0.15) is 0 Å². The molecule has 5 N–H and O–H groups in total. The molecule has 2 atom stereocenters. The molecule has 1 aromatic carbocycles. The Morgan fingerprint density at radius 1 is 1.16 bits per heavy atom. The second-order valence-corrected chi connectivity index (χ2v) is 5.45. The molecule has 0 aliphatic carbocycles. The minimum absolute atomic E-state index is 0.0101. The number of carboxylic acids is 1. The Balaban J connectivity index is 1.97. The molecular formula is C16H18N4O5. The van der Waals surface area contributed by atoms with Crippen LogP contribution in [0.15, 0.2) is 42.9 Å².